The number of anilines is 2. The monoisotopic (exact) mass is 427 g/mol. The Morgan fingerprint density at radius 1 is 0.781 bits per heavy atom. The minimum Gasteiger partial charge on any atom is -0.453 e. The van der Waals surface area contributed by atoms with Crippen molar-refractivity contribution in [2.75, 3.05) is 11.4 Å². The molecule has 4 rings (SSSR count). The highest BCUT2D eigenvalue weighted by atomic mass is 16.5. The van der Waals surface area contributed by atoms with E-state index in [0.29, 0.717) is 11.3 Å². The number of nitrogens with zero attached hydrogens (tertiary/aromatic N) is 1. The maximum absolute atomic E-state index is 6.11. The van der Waals surface area contributed by atoms with Crippen LogP contribution in [0.3, 0.4) is 0 Å². The Hall–Kier alpha value is -2.74. The molecular weight excluding hydrogens is 390 g/mol. The summed E-state index contributed by atoms with van der Waals surface area (Å²) in [6.45, 7) is 10.3. The molecule has 0 spiro atoms. The molecule has 1 unspecified atom stereocenters. The van der Waals surface area contributed by atoms with Crippen molar-refractivity contribution in [2.24, 2.45) is 5.41 Å². The third kappa shape index (κ3) is 5.35. The van der Waals surface area contributed by atoms with Crippen LogP contribution in [0.2, 0.25) is 0 Å². The molecule has 2 nitrogen and oxygen atoms in total. The summed E-state index contributed by atoms with van der Waals surface area (Å²) in [7, 11) is 0. The van der Waals surface area contributed by atoms with Crippen LogP contribution in [0.4, 0.5) is 11.4 Å². The van der Waals surface area contributed by atoms with Crippen molar-refractivity contribution in [3.63, 3.8) is 0 Å². The fourth-order valence-corrected chi connectivity index (χ4v) is 4.81. The molecule has 0 saturated heterocycles. The molecule has 3 aromatic rings. The first-order valence-electron chi connectivity index (χ1n) is 12.2. The Morgan fingerprint density at radius 2 is 1.38 bits per heavy atom. The summed E-state index contributed by atoms with van der Waals surface area (Å²) in [4.78, 5) is 2.41. The topological polar surface area (TPSA) is 12.5 Å². The molecule has 1 aliphatic heterocycles. The van der Waals surface area contributed by atoms with Crippen LogP contribution in [0.5, 0.6) is 11.5 Å². The number of rotatable bonds is 8. The van der Waals surface area contributed by atoms with Gasteiger partial charge in [-0.2, -0.15) is 0 Å². The van der Waals surface area contributed by atoms with Gasteiger partial charge in [-0.1, -0.05) is 76.2 Å². The second-order valence-electron chi connectivity index (χ2n) is 10.3. The number of benzene rings is 3. The normalized spacial score (nSPS) is 13.8. The molecule has 32 heavy (non-hydrogen) atoms. The van der Waals surface area contributed by atoms with Crippen LogP contribution >= 0.6 is 0 Å². The molecule has 0 aromatic heterocycles. The predicted molar refractivity (Wildman–Crippen MR) is 136 cm³/mol. The van der Waals surface area contributed by atoms with Gasteiger partial charge in [-0.05, 0) is 78.8 Å². The third-order valence-electron chi connectivity index (χ3n) is 6.43. The number of hydrogen-bond donors (Lipinski definition) is 0. The van der Waals surface area contributed by atoms with Crippen molar-refractivity contribution >= 4 is 11.4 Å². The van der Waals surface area contributed by atoms with Crippen LogP contribution < -0.4 is 9.64 Å². The van der Waals surface area contributed by atoms with E-state index in [2.05, 4.69) is 93.3 Å². The minimum atomic E-state index is 0.371. The maximum Gasteiger partial charge on any atom is 0.151 e. The molecule has 0 fully saturated rings. The van der Waals surface area contributed by atoms with E-state index >= 15 is 0 Å². The molecule has 1 atom stereocenters. The van der Waals surface area contributed by atoms with E-state index in [9.17, 15) is 0 Å². The highest BCUT2D eigenvalue weighted by Gasteiger charge is 2.23. The van der Waals surface area contributed by atoms with Gasteiger partial charge in [-0.25, -0.2) is 0 Å². The van der Waals surface area contributed by atoms with Gasteiger partial charge >= 0.3 is 0 Å². The summed E-state index contributed by atoms with van der Waals surface area (Å²) in [5.41, 5.74) is 5.64. The first kappa shape index (κ1) is 22.5. The van der Waals surface area contributed by atoms with Crippen LogP contribution in [-0.4, -0.2) is 6.54 Å². The molecule has 0 bridgehead atoms. The minimum absolute atomic E-state index is 0.371. The smallest absolute Gasteiger partial charge is 0.151 e. The predicted octanol–water partition coefficient (Wildman–Crippen LogP) is 8.88. The summed E-state index contributed by atoms with van der Waals surface area (Å²) in [6.07, 6.45) is 5.90. The van der Waals surface area contributed by atoms with Crippen molar-refractivity contribution in [1.29, 1.82) is 0 Å². The largest absolute Gasteiger partial charge is 0.453 e. The van der Waals surface area contributed by atoms with E-state index in [0.717, 1.165) is 30.9 Å². The van der Waals surface area contributed by atoms with Gasteiger partial charge < -0.3 is 9.64 Å². The lowest BCUT2D eigenvalue weighted by Gasteiger charge is -2.32. The molecular formula is C30H37NO. The average molecular weight is 428 g/mol. The number of ether oxygens (including phenoxy) is 1. The Labute approximate surface area is 194 Å². The van der Waals surface area contributed by atoms with Gasteiger partial charge in [0.05, 0.1) is 11.4 Å². The van der Waals surface area contributed by atoms with Crippen LogP contribution in [0.25, 0.3) is 0 Å². The van der Waals surface area contributed by atoms with Crippen molar-refractivity contribution in [3.05, 3.63) is 83.9 Å². The number of aryl methyl sites for hydroxylation is 1. The van der Waals surface area contributed by atoms with Gasteiger partial charge in [-0.15, -0.1) is 0 Å². The molecule has 1 aliphatic rings. The van der Waals surface area contributed by atoms with Crippen molar-refractivity contribution < 1.29 is 4.74 Å². The molecule has 3 aromatic carbocycles. The number of unbranched alkanes of at least 4 members (excludes halogenated alkanes) is 1. The number of para-hydroxylation sites is 4. The summed E-state index contributed by atoms with van der Waals surface area (Å²) in [6, 6.07) is 26.1. The fraction of sp³-hybridized carbons (Fsp3) is 0.400. The first-order valence-corrected chi connectivity index (χ1v) is 12.2. The zero-order valence-electron chi connectivity index (χ0n) is 20.1. The average Bonchev–Trinajstić information content (AvgIpc) is 2.79. The van der Waals surface area contributed by atoms with E-state index < -0.39 is 0 Å². The van der Waals surface area contributed by atoms with Gasteiger partial charge in [0.1, 0.15) is 0 Å². The SMILES string of the molecule is CCC(CC(C)(C)C)c1ccc(CCCCN2c3ccccc3Oc3ccccc32)cc1. The van der Waals surface area contributed by atoms with Gasteiger partial charge in [-0.3, -0.25) is 0 Å². The molecule has 1 heterocycles. The highest BCUT2D eigenvalue weighted by molar-refractivity contribution is 5.77. The Bertz CT molecular complexity index is 970. The molecule has 0 aliphatic carbocycles. The Balaban J connectivity index is 1.35. The van der Waals surface area contributed by atoms with Crippen LogP contribution in [0.15, 0.2) is 72.8 Å². The lowest BCUT2D eigenvalue weighted by Crippen LogP contribution is -2.22. The summed E-state index contributed by atoms with van der Waals surface area (Å²) >= 11 is 0. The van der Waals surface area contributed by atoms with Crippen molar-refractivity contribution in [1.82, 2.24) is 0 Å². The lowest BCUT2D eigenvalue weighted by molar-refractivity contribution is 0.335. The second kappa shape index (κ2) is 9.81. The van der Waals surface area contributed by atoms with E-state index in [1.54, 1.807) is 0 Å². The van der Waals surface area contributed by atoms with Crippen LogP contribution in [-0.2, 0) is 6.42 Å². The molecule has 168 valence electrons. The highest BCUT2D eigenvalue weighted by Crippen LogP contribution is 2.46. The fourth-order valence-electron chi connectivity index (χ4n) is 4.81. The zero-order valence-corrected chi connectivity index (χ0v) is 20.1. The molecule has 0 radical (unpaired) electrons. The molecule has 0 amide bonds. The summed E-state index contributed by atoms with van der Waals surface area (Å²) in [5, 5.41) is 0. The number of hydrogen-bond acceptors (Lipinski definition) is 2. The van der Waals surface area contributed by atoms with Crippen LogP contribution in [0.1, 0.15) is 70.4 Å². The molecule has 2 heteroatoms. The van der Waals surface area contributed by atoms with Gasteiger partial charge in [0.15, 0.2) is 11.5 Å². The van der Waals surface area contributed by atoms with E-state index in [-0.39, 0.29) is 0 Å². The van der Waals surface area contributed by atoms with Crippen molar-refractivity contribution in [3.8, 4) is 11.5 Å². The zero-order chi connectivity index (χ0) is 22.6. The lowest BCUT2D eigenvalue weighted by atomic mass is 9.80. The standard InChI is InChI=1S/C30H37NO/c1-5-24(22-30(2,3)4)25-19-17-23(18-20-25)12-10-11-21-31-26-13-6-8-15-28(26)32-29-16-9-7-14-27(29)31/h6-9,13-20,24H,5,10-12,21-22H2,1-4H3. The Kier molecular flexibility index (Phi) is 6.89. The summed E-state index contributed by atoms with van der Waals surface area (Å²) < 4.78 is 6.11. The van der Waals surface area contributed by atoms with Gasteiger partial charge in [0.2, 0.25) is 0 Å². The van der Waals surface area contributed by atoms with Crippen LogP contribution in [0, 0.1) is 5.41 Å². The molecule has 0 N–H and O–H groups in total. The Morgan fingerprint density at radius 3 is 1.94 bits per heavy atom. The second-order valence-corrected chi connectivity index (χ2v) is 10.3. The van der Waals surface area contributed by atoms with E-state index in [1.165, 1.54) is 41.8 Å². The van der Waals surface area contributed by atoms with Gasteiger partial charge in [0.25, 0.3) is 0 Å². The molecule has 0 saturated carbocycles. The quantitative estimate of drug-likeness (QED) is 0.333. The summed E-state index contributed by atoms with van der Waals surface area (Å²) in [5.74, 6) is 2.55. The van der Waals surface area contributed by atoms with E-state index in [1.807, 2.05) is 12.1 Å². The number of fused-ring (bicyclic) bond motifs is 2. The van der Waals surface area contributed by atoms with E-state index in [4.69, 9.17) is 4.74 Å². The maximum atomic E-state index is 6.11. The third-order valence-corrected chi connectivity index (χ3v) is 6.43. The first-order chi connectivity index (χ1) is 15.4. The van der Waals surface area contributed by atoms with Crippen molar-refractivity contribution in [2.45, 2.75) is 65.7 Å². The van der Waals surface area contributed by atoms with Gasteiger partial charge in [0, 0.05) is 6.54 Å².